The second kappa shape index (κ2) is 12.5. The second-order valence-corrected chi connectivity index (χ2v) is 6.60. The molecular weight excluding hydrogens is 306 g/mol. The van der Waals surface area contributed by atoms with Gasteiger partial charge in [0.1, 0.15) is 0 Å². The van der Waals surface area contributed by atoms with Gasteiger partial charge in [-0.1, -0.05) is 0 Å². The summed E-state index contributed by atoms with van der Waals surface area (Å²) in [5.41, 5.74) is 0. The first-order chi connectivity index (χ1) is 11.9. The van der Waals surface area contributed by atoms with Crippen LogP contribution in [0.2, 0.25) is 0 Å². The number of guanidine groups is 1. The van der Waals surface area contributed by atoms with E-state index in [0.717, 1.165) is 90.2 Å². The van der Waals surface area contributed by atoms with Gasteiger partial charge in [0, 0.05) is 52.7 Å². The highest BCUT2D eigenvalue weighted by Crippen LogP contribution is 2.28. The summed E-state index contributed by atoms with van der Waals surface area (Å²) in [5, 5.41) is 6.65. The fourth-order valence-electron chi connectivity index (χ4n) is 2.61. The van der Waals surface area contributed by atoms with Crippen molar-refractivity contribution in [3.05, 3.63) is 0 Å². The maximum Gasteiger partial charge on any atom is 0.191 e. The van der Waals surface area contributed by atoms with Gasteiger partial charge in [0.2, 0.25) is 0 Å². The smallest absolute Gasteiger partial charge is 0.191 e. The lowest BCUT2D eigenvalue weighted by molar-refractivity contribution is -0.0320. The third kappa shape index (κ3) is 9.45. The highest BCUT2D eigenvalue weighted by molar-refractivity contribution is 5.79. The quantitative estimate of drug-likeness (QED) is 0.323. The average Bonchev–Trinajstić information content (AvgIpc) is 3.42. The molecule has 1 saturated carbocycles. The molecule has 0 spiro atoms. The Labute approximate surface area is 146 Å². The van der Waals surface area contributed by atoms with Crippen LogP contribution in [0.1, 0.15) is 45.4 Å². The van der Waals surface area contributed by atoms with Crippen molar-refractivity contribution in [1.29, 1.82) is 0 Å². The highest BCUT2D eigenvalue weighted by Gasteiger charge is 2.20. The van der Waals surface area contributed by atoms with Crippen LogP contribution >= 0.6 is 0 Å². The number of hydrogen-bond acceptors (Lipinski definition) is 4. The number of rotatable bonds is 12. The van der Waals surface area contributed by atoms with Crippen LogP contribution in [0.5, 0.6) is 0 Å². The minimum Gasteiger partial charge on any atom is -0.381 e. The van der Waals surface area contributed by atoms with Crippen LogP contribution in [-0.2, 0) is 14.2 Å². The molecule has 2 aliphatic rings. The fourth-order valence-corrected chi connectivity index (χ4v) is 2.61. The monoisotopic (exact) mass is 341 g/mol. The van der Waals surface area contributed by atoms with Crippen molar-refractivity contribution in [2.75, 3.05) is 52.7 Å². The van der Waals surface area contributed by atoms with Crippen molar-refractivity contribution in [1.82, 2.24) is 10.6 Å². The zero-order valence-corrected chi connectivity index (χ0v) is 15.2. The first kappa shape index (κ1) is 19.5. The first-order valence-electron chi connectivity index (χ1n) is 9.67. The largest absolute Gasteiger partial charge is 0.381 e. The molecule has 140 valence electrons. The predicted octanol–water partition coefficient (Wildman–Crippen LogP) is 1.94. The van der Waals surface area contributed by atoms with Crippen LogP contribution in [-0.4, -0.2) is 64.7 Å². The van der Waals surface area contributed by atoms with Crippen molar-refractivity contribution in [3.63, 3.8) is 0 Å². The van der Waals surface area contributed by atoms with Gasteiger partial charge in [0.15, 0.2) is 5.96 Å². The van der Waals surface area contributed by atoms with E-state index < -0.39 is 0 Å². The Morgan fingerprint density at radius 3 is 2.67 bits per heavy atom. The third-order valence-corrected chi connectivity index (χ3v) is 4.25. The van der Waals surface area contributed by atoms with E-state index in [1.54, 1.807) is 0 Å². The molecular formula is C18H35N3O3. The summed E-state index contributed by atoms with van der Waals surface area (Å²) in [6.45, 7) is 8.88. The van der Waals surface area contributed by atoms with E-state index in [-0.39, 0.29) is 0 Å². The van der Waals surface area contributed by atoms with Crippen LogP contribution in [0.3, 0.4) is 0 Å². The lowest BCUT2D eigenvalue weighted by Crippen LogP contribution is -2.38. The average molecular weight is 341 g/mol. The van der Waals surface area contributed by atoms with E-state index >= 15 is 0 Å². The van der Waals surface area contributed by atoms with Gasteiger partial charge in [-0.2, -0.15) is 0 Å². The summed E-state index contributed by atoms with van der Waals surface area (Å²) in [6.07, 6.45) is 7.12. The van der Waals surface area contributed by atoms with Crippen LogP contribution in [0, 0.1) is 5.92 Å². The van der Waals surface area contributed by atoms with Crippen LogP contribution in [0.15, 0.2) is 4.99 Å². The number of nitrogens with one attached hydrogen (secondary N) is 2. The molecule has 0 atom stereocenters. The lowest BCUT2D eigenvalue weighted by atomic mass is 10.1. The second-order valence-electron chi connectivity index (χ2n) is 6.60. The Balaban J connectivity index is 1.46. The van der Waals surface area contributed by atoms with E-state index in [1.165, 1.54) is 12.8 Å². The molecule has 0 radical (unpaired) electrons. The van der Waals surface area contributed by atoms with Gasteiger partial charge < -0.3 is 24.8 Å². The van der Waals surface area contributed by atoms with Gasteiger partial charge in [-0.05, 0) is 51.4 Å². The summed E-state index contributed by atoms with van der Waals surface area (Å²) in [4.78, 5) is 4.59. The van der Waals surface area contributed by atoms with E-state index in [9.17, 15) is 0 Å². The van der Waals surface area contributed by atoms with Crippen molar-refractivity contribution < 1.29 is 14.2 Å². The number of aliphatic imine (C=N–C) groups is 1. The summed E-state index contributed by atoms with van der Waals surface area (Å²) in [6, 6.07) is 0. The summed E-state index contributed by atoms with van der Waals surface area (Å²) >= 11 is 0. The molecule has 6 nitrogen and oxygen atoms in total. The topological polar surface area (TPSA) is 64.1 Å². The van der Waals surface area contributed by atoms with Gasteiger partial charge in [-0.25, -0.2) is 0 Å². The van der Waals surface area contributed by atoms with Gasteiger partial charge in [0.25, 0.3) is 0 Å². The van der Waals surface area contributed by atoms with Crippen molar-refractivity contribution >= 4 is 5.96 Å². The third-order valence-electron chi connectivity index (χ3n) is 4.25. The molecule has 6 heteroatoms. The molecule has 0 amide bonds. The molecule has 1 heterocycles. The number of hydrogen-bond donors (Lipinski definition) is 2. The molecule has 1 aliphatic heterocycles. The molecule has 2 rings (SSSR count). The molecule has 0 aromatic carbocycles. The summed E-state index contributed by atoms with van der Waals surface area (Å²) in [7, 11) is 0. The van der Waals surface area contributed by atoms with Crippen LogP contribution < -0.4 is 10.6 Å². The van der Waals surface area contributed by atoms with Gasteiger partial charge >= 0.3 is 0 Å². The van der Waals surface area contributed by atoms with E-state index in [0.29, 0.717) is 6.10 Å². The van der Waals surface area contributed by atoms with Gasteiger partial charge in [-0.15, -0.1) is 0 Å². The van der Waals surface area contributed by atoms with E-state index in [1.807, 2.05) is 0 Å². The van der Waals surface area contributed by atoms with Crippen LogP contribution in [0.4, 0.5) is 0 Å². The zero-order chi connectivity index (χ0) is 16.9. The maximum absolute atomic E-state index is 5.88. The molecule has 2 fully saturated rings. The van der Waals surface area contributed by atoms with E-state index in [2.05, 4.69) is 22.5 Å². The molecule has 0 aromatic heterocycles. The molecule has 1 saturated heterocycles. The molecule has 2 N–H and O–H groups in total. The maximum atomic E-state index is 5.88. The minimum atomic E-state index is 0.385. The molecule has 24 heavy (non-hydrogen) atoms. The fraction of sp³-hybridized carbons (Fsp3) is 0.944. The zero-order valence-electron chi connectivity index (χ0n) is 15.2. The normalized spacial score (nSPS) is 19.5. The lowest BCUT2D eigenvalue weighted by Gasteiger charge is -2.22. The van der Waals surface area contributed by atoms with Gasteiger partial charge in [0.05, 0.1) is 6.10 Å². The first-order valence-corrected chi connectivity index (χ1v) is 9.67. The Morgan fingerprint density at radius 1 is 1.08 bits per heavy atom. The molecule has 0 bridgehead atoms. The Hall–Kier alpha value is -0.850. The highest BCUT2D eigenvalue weighted by atomic mass is 16.5. The SMILES string of the molecule is CCNC(=NCCCOCC1CC1)NCCCOC1CCOCC1. The Bertz CT molecular complexity index is 342. The summed E-state index contributed by atoms with van der Waals surface area (Å²) in [5.74, 6) is 1.74. The summed E-state index contributed by atoms with van der Waals surface area (Å²) < 4.78 is 16.8. The van der Waals surface area contributed by atoms with Crippen molar-refractivity contribution in [2.24, 2.45) is 10.9 Å². The van der Waals surface area contributed by atoms with Crippen LogP contribution in [0.25, 0.3) is 0 Å². The minimum absolute atomic E-state index is 0.385. The number of ether oxygens (including phenoxy) is 3. The molecule has 1 aliphatic carbocycles. The number of nitrogens with zero attached hydrogens (tertiary/aromatic N) is 1. The van der Waals surface area contributed by atoms with E-state index in [4.69, 9.17) is 14.2 Å². The molecule has 0 aromatic rings. The Kier molecular flexibility index (Phi) is 10.1. The van der Waals surface area contributed by atoms with Crippen molar-refractivity contribution in [3.8, 4) is 0 Å². The standard InChI is InChI=1S/C18H35N3O3/c1-2-19-18(20-9-3-11-23-15-16-5-6-16)21-10-4-12-24-17-7-13-22-14-8-17/h16-17H,2-15H2,1H3,(H2,19,20,21). The van der Waals surface area contributed by atoms with Crippen molar-refractivity contribution in [2.45, 2.75) is 51.6 Å². The van der Waals surface area contributed by atoms with Gasteiger partial charge in [-0.3, -0.25) is 4.99 Å². The Morgan fingerprint density at radius 2 is 1.92 bits per heavy atom. The molecule has 0 unspecified atom stereocenters. The predicted molar refractivity (Wildman–Crippen MR) is 96.6 cm³/mol.